The second-order valence-corrected chi connectivity index (χ2v) is 13.6. The van der Waals surface area contributed by atoms with E-state index in [1.54, 1.807) is 0 Å². The summed E-state index contributed by atoms with van der Waals surface area (Å²) in [6.45, 7) is 10.4. The first-order chi connectivity index (χ1) is 11.0. The molecule has 1 aliphatic rings. The highest BCUT2D eigenvalue weighted by Crippen LogP contribution is 2.47. The maximum Gasteiger partial charge on any atom is 0.272 e. The Bertz CT molecular complexity index is 522. The van der Waals surface area contributed by atoms with Gasteiger partial charge in [0.15, 0.2) is 8.32 Å². The van der Waals surface area contributed by atoms with Gasteiger partial charge in [-0.1, -0.05) is 51.1 Å². The molecule has 2 rings (SSSR count). The molecule has 136 valence electrons. The first-order valence-electron chi connectivity index (χ1n) is 9.11. The topological polar surface area (TPSA) is 9.23 Å². The van der Waals surface area contributed by atoms with E-state index >= 15 is 0 Å². The Labute approximate surface area is 146 Å². The molecule has 1 aromatic carbocycles. The summed E-state index contributed by atoms with van der Waals surface area (Å²) in [7, 11) is -2.15. The zero-order chi connectivity index (χ0) is 18.0. The van der Waals surface area contributed by atoms with E-state index in [-0.39, 0.29) is 17.4 Å². The Morgan fingerprint density at radius 1 is 1.17 bits per heavy atom. The van der Waals surface area contributed by atoms with Crippen LogP contribution in [0.1, 0.15) is 52.0 Å². The maximum absolute atomic E-state index is 14.4. The Morgan fingerprint density at radius 3 is 2.38 bits per heavy atom. The quantitative estimate of drug-likeness (QED) is 0.534. The van der Waals surface area contributed by atoms with Gasteiger partial charge in [0.2, 0.25) is 0 Å². The predicted octanol–water partition coefficient (Wildman–Crippen LogP) is 6.45. The number of hydrogen-bond acceptors (Lipinski definition) is 1. The molecule has 0 bridgehead atoms. The minimum atomic E-state index is -2.67. The van der Waals surface area contributed by atoms with Gasteiger partial charge in [0.05, 0.1) is 0 Å². The lowest BCUT2D eigenvalue weighted by molar-refractivity contribution is -0.0796. The summed E-state index contributed by atoms with van der Waals surface area (Å²) in [4.78, 5) is 0. The lowest BCUT2D eigenvalue weighted by atomic mass is 9.98. The van der Waals surface area contributed by atoms with Gasteiger partial charge in [-0.05, 0) is 55.3 Å². The van der Waals surface area contributed by atoms with Gasteiger partial charge in [-0.25, -0.2) is 8.78 Å². The first-order valence-corrected chi connectivity index (χ1v) is 12.0. The molecule has 0 N–H and O–H groups in total. The number of alkyl halides is 2. The first kappa shape index (κ1) is 19.6. The Kier molecular flexibility index (Phi) is 5.91. The minimum Gasteiger partial charge on any atom is -0.408 e. The Hall–Kier alpha value is -0.743. The second-order valence-electron chi connectivity index (χ2n) is 8.81. The molecule has 0 spiro atoms. The summed E-state index contributed by atoms with van der Waals surface area (Å²) in [6, 6.07) is 10.3. The standard InChI is InChI=1S/C20H32F2OSi/c1-19(2,3)24(4,5)23-18-14-17(15-20(18,21)22)13-9-12-16-10-7-6-8-11-16/h6-8,10-11,17-18H,9,12-15H2,1-5H3. The van der Waals surface area contributed by atoms with Crippen molar-refractivity contribution in [3.05, 3.63) is 35.9 Å². The third kappa shape index (κ3) is 4.88. The van der Waals surface area contributed by atoms with Crippen LogP contribution in [0.4, 0.5) is 8.78 Å². The van der Waals surface area contributed by atoms with E-state index in [2.05, 4.69) is 46.0 Å². The van der Waals surface area contributed by atoms with Crippen LogP contribution in [0.3, 0.4) is 0 Å². The predicted molar refractivity (Wildman–Crippen MR) is 99.1 cm³/mol. The molecule has 1 fully saturated rings. The van der Waals surface area contributed by atoms with E-state index in [1.807, 2.05) is 18.2 Å². The lowest BCUT2D eigenvalue weighted by Crippen LogP contribution is -2.47. The molecule has 0 radical (unpaired) electrons. The molecule has 1 aromatic rings. The summed E-state index contributed by atoms with van der Waals surface area (Å²) in [5.41, 5.74) is 1.29. The van der Waals surface area contributed by atoms with Crippen LogP contribution >= 0.6 is 0 Å². The number of halogens is 2. The fourth-order valence-corrected chi connectivity index (χ4v) is 4.53. The summed E-state index contributed by atoms with van der Waals surface area (Å²) in [5.74, 6) is -2.59. The van der Waals surface area contributed by atoms with E-state index in [4.69, 9.17) is 4.43 Å². The molecule has 0 aliphatic heterocycles. The highest BCUT2D eigenvalue weighted by Gasteiger charge is 2.52. The highest BCUT2D eigenvalue weighted by atomic mass is 28.4. The SMILES string of the molecule is CC(C)(C)[Si](C)(C)OC1CC(CCCc2ccccc2)CC1(F)F. The molecule has 2 atom stereocenters. The Morgan fingerprint density at radius 2 is 1.79 bits per heavy atom. The van der Waals surface area contributed by atoms with Gasteiger partial charge < -0.3 is 4.43 Å². The number of rotatable bonds is 6. The van der Waals surface area contributed by atoms with Crippen molar-refractivity contribution in [2.75, 3.05) is 0 Å². The van der Waals surface area contributed by atoms with Gasteiger partial charge >= 0.3 is 0 Å². The monoisotopic (exact) mass is 354 g/mol. The highest BCUT2D eigenvalue weighted by molar-refractivity contribution is 6.74. The van der Waals surface area contributed by atoms with Crippen molar-refractivity contribution in [1.82, 2.24) is 0 Å². The van der Waals surface area contributed by atoms with Gasteiger partial charge in [-0.2, -0.15) is 0 Å². The van der Waals surface area contributed by atoms with Crippen molar-refractivity contribution < 1.29 is 13.2 Å². The zero-order valence-electron chi connectivity index (χ0n) is 15.7. The fourth-order valence-electron chi connectivity index (χ4n) is 3.20. The zero-order valence-corrected chi connectivity index (χ0v) is 16.7. The molecular formula is C20H32F2OSi. The molecule has 0 aromatic heterocycles. The van der Waals surface area contributed by atoms with E-state index in [0.29, 0.717) is 6.42 Å². The molecule has 24 heavy (non-hydrogen) atoms. The van der Waals surface area contributed by atoms with Crippen LogP contribution in [0.25, 0.3) is 0 Å². The van der Waals surface area contributed by atoms with Crippen molar-refractivity contribution in [2.45, 2.75) is 83.0 Å². The molecule has 0 amide bonds. The van der Waals surface area contributed by atoms with Crippen LogP contribution in [-0.2, 0) is 10.8 Å². The molecule has 4 heteroatoms. The molecular weight excluding hydrogens is 322 g/mol. The maximum atomic E-state index is 14.4. The van der Waals surface area contributed by atoms with Crippen LogP contribution in [0, 0.1) is 5.92 Å². The molecule has 0 saturated heterocycles. The van der Waals surface area contributed by atoms with Crippen molar-refractivity contribution in [2.24, 2.45) is 5.92 Å². The van der Waals surface area contributed by atoms with E-state index < -0.39 is 20.3 Å². The van der Waals surface area contributed by atoms with Crippen LogP contribution in [0.15, 0.2) is 30.3 Å². The number of aryl methyl sites for hydroxylation is 1. The van der Waals surface area contributed by atoms with Crippen LogP contribution < -0.4 is 0 Å². The van der Waals surface area contributed by atoms with Gasteiger partial charge in [-0.15, -0.1) is 0 Å². The smallest absolute Gasteiger partial charge is 0.272 e. The fraction of sp³-hybridized carbons (Fsp3) is 0.700. The van der Waals surface area contributed by atoms with Crippen molar-refractivity contribution in [3.63, 3.8) is 0 Å². The van der Waals surface area contributed by atoms with Crippen LogP contribution in [0.2, 0.25) is 18.1 Å². The number of hydrogen-bond donors (Lipinski definition) is 0. The molecule has 1 saturated carbocycles. The minimum absolute atomic E-state index is 0.0128. The average Bonchev–Trinajstić information content (AvgIpc) is 2.72. The van der Waals surface area contributed by atoms with Crippen LogP contribution in [-0.4, -0.2) is 20.3 Å². The van der Waals surface area contributed by atoms with E-state index in [0.717, 1.165) is 19.3 Å². The summed E-state index contributed by atoms with van der Waals surface area (Å²) >= 11 is 0. The molecule has 1 nitrogen and oxygen atoms in total. The third-order valence-corrected chi connectivity index (χ3v) is 10.2. The van der Waals surface area contributed by atoms with Gasteiger partial charge in [-0.3, -0.25) is 0 Å². The second kappa shape index (κ2) is 7.25. The van der Waals surface area contributed by atoms with Crippen LogP contribution in [0.5, 0.6) is 0 Å². The number of benzene rings is 1. The summed E-state index contributed by atoms with van der Waals surface area (Å²) in [5, 5.41) is -0.0333. The normalized spacial score (nSPS) is 24.3. The Balaban J connectivity index is 1.88. The van der Waals surface area contributed by atoms with E-state index in [1.165, 1.54) is 5.56 Å². The van der Waals surface area contributed by atoms with Crippen molar-refractivity contribution >= 4 is 8.32 Å². The van der Waals surface area contributed by atoms with Gasteiger partial charge in [0.25, 0.3) is 5.92 Å². The molecule has 0 heterocycles. The van der Waals surface area contributed by atoms with Crippen molar-refractivity contribution in [1.29, 1.82) is 0 Å². The lowest BCUT2D eigenvalue weighted by Gasteiger charge is -2.39. The average molecular weight is 355 g/mol. The van der Waals surface area contributed by atoms with Gasteiger partial charge in [0.1, 0.15) is 6.10 Å². The molecule has 2 unspecified atom stereocenters. The van der Waals surface area contributed by atoms with Gasteiger partial charge in [0, 0.05) is 6.42 Å². The summed E-state index contributed by atoms with van der Waals surface area (Å²) in [6.07, 6.45) is 2.41. The third-order valence-electron chi connectivity index (χ3n) is 5.74. The van der Waals surface area contributed by atoms with Crippen molar-refractivity contribution in [3.8, 4) is 0 Å². The van der Waals surface area contributed by atoms with E-state index in [9.17, 15) is 8.78 Å². The summed E-state index contributed by atoms with van der Waals surface area (Å²) < 4.78 is 34.9. The molecule has 1 aliphatic carbocycles. The largest absolute Gasteiger partial charge is 0.408 e.